The topological polar surface area (TPSA) is 54.5 Å². The highest BCUT2D eigenvalue weighted by Gasteiger charge is 2.31. The molecule has 1 fully saturated rings. The molecular formula is C22H23FN4O2. The van der Waals surface area contributed by atoms with E-state index in [0.29, 0.717) is 24.5 Å². The largest absolute Gasteiger partial charge is 0.468 e. The van der Waals surface area contributed by atoms with Crippen molar-refractivity contribution >= 4 is 5.91 Å². The molecule has 0 N–H and O–H groups in total. The summed E-state index contributed by atoms with van der Waals surface area (Å²) in [6.45, 7) is 3.65. The fraction of sp³-hybridized carbons (Fsp3) is 0.364. The van der Waals surface area contributed by atoms with Gasteiger partial charge in [-0.15, -0.1) is 0 Å². The first kappa shape index (κ1) is 18.1. The predicted octanol–water partition coefficient (Wildman–Crippen LogP) is 3.05. The first-order valence-electron chi connectivity index (χ1n) is 10.1. The number of hydrogen-bond acceptors (Lipinski definition) is 4. The Morgan fingerprint density at radius 2 is 1.90 bits per heavy atom. The summed E-state index contributed by atoms with van der Waals surface area (Å²) in [5.74, 6) is 0.567. The predicted molar refractivity (Wildman–Crippen MR) is 105 cm³/mol. The normalized spacial score (nSPS) is 16.9. The van der Waals surface area contributed by atoms with Crippen molar-refractivity contribution in [3.05, 3.63) is 71.2 Å². The molecule has 0 radical (unpaired) electrons. The van der Waals surface area contributed by atoms with E-state index in [1.807, 2.05) is 17.0 Å². The van der Waals surface area contributed by atoms with Gasteiger partial charge in [0.25, 0.3) is 5.91 Å². The van der Waals surface area contributed by atoms with E-state index in [-0.39, 0.29) is 11.7 Å². The van der Waals surface area contributed by atoms with Gasteiger partial charge in [-0.1, -0.05) is 12.1 Å². The lowest BCUT2D eigenvalue weighted by Crippen LogP contribution is -2.48. The van der Waals surface area contributed by atoms with Crippen LogP contribution in [0, 0.1) is 5.82 Å². The van der Waals surface area contributed by atoms with E-state index >= 15 is 0 Å². The number of carbonyl (C=O) groups excluding carboxylic acids is 1. The van der Waals surface area contributed by atoms with Gasteiger partial charge in [-0.25, -0.2) is 9.07 Å². The summed E-state index contributed by atoms with van der Waals surface area (Å²) in [7, 11) is 0. The molecule has 0 unspecified atom stereocenters. The van der Waals surface area contributed by atoms with Crippen LogP contribution in [0.3, 0.4) is 0 Å². The van der Waals surface area contributed by atoms with Crippen molar-refractivity contribution in [3.63, 3.8) is 0 Å². The van der Waals surface area contributed by atoms with Gasteiger partial charge in [0.2, 0.25) is 0 Å². The lowest BCUT2D eigenvalue weighted by molar-refractivity contribution is 0.0613. The SMILES string of the molecule is O=C(c1nn(-c2ccccc2F)c2c1CCC2)N1CCN(Cc2ccco2)CC1. The van der Waals surface area contributed by atoms with Crippen LogP contribution in [0.1, 0.15) is 33.9 Å². The fourth-order valence-electron chi connectivity index (χ4n) is 4.31. The first-order chi connectivity index (χ1) is 14.2. The second-order valence-electron chi connectivity index (χ2n) is 7.64. The number of halogens is 1. The maximum atomic E-state index is 14.3. The van der Waals surface area contributed by atoms with Gasteiger partial charge in [-0.2, -0.15) is 5.10 Å². The van der Waals surface area contributed by atoms with Gasteiger partial charge in [0, 0.05) is 37.4 Å². The molecule has 150 valence electrons. The van der Waals surface area contributed by atoms with E-state index in [4.69, 9.17) is 4.42 Å². The third-order valence-corrected chi connectivity index (χ3v) is 5.83. The number of furan rings is 1. The van der Waals surface area contributed by atoms with Crippen LogP contribution in [-0.4, -0.2) is 51.7 Å². The van der Waals surface area contributed by atoms with Gasteiger partial charge >= 0.3 is 0 Å². The quantitative estimate of drug-likeness (QED) is 0.683. The molecule has 2 aliphatic rings. The minimum atomic E-state index is -0.324. The Hall–Kier alpha value is -2.93. The average molecular weight is 394 g/mol. The number of carbonyl (C=O) groups is 1. The van der Waals surface area contributed by atoms with Crippen molar-refractivity contribution in [3.8, 4) is 5.69 Å². The number of hydrogen-bond donors (Lipinski definition) is 0. The highest BCUT2D eigenvalue weighted by Crippen LogP contribution is 2.29. The zero-order chi connectivity index (χ0) is 19.8. The zero-order valence-corrected chi connectivity index (χ0v) is 16.2. The standard InChI is InChI=1S/C22H23FN4O2/c23-18-7-1-2-8-20(18)27-19-9-3-6-17(19)21(24-27)22(28)26-12-10-25(11-13-26)15-16-5-4-14-29-16/h1-2,4-5,7-8,14H,3,6,9-13,15H2. The van der Waals surface area contributed by atoms with Gasteiger partial charge in [-0.05, 0) is 43.5 Å². The highest BCUT2D eigenvalue weighted by molar-refractivity contribution is 5.94. The number of piperazine rings is 1. The maximum absolute atomic E-state index is 14.3. The molecule has 0 bridgehead atoms. The molecule has 0 spiro atoms. The molecule has 1 aliphatic carbocycles. The molecular weight excluding hydrogens is 371 g/mol. The van der Waals surface area contributed by atoms with Crippen LogP contribution in [0.25, 0.3) is 5.69 Å². The molecule has 3 heterocycles. The van der Waals surface area contributed by atoms with Crippen molar-refractivity contribution in [1.82, 2.24) is 19.6 Å². The molecule has 29 heavy (non-hydrogen) atoms. The van der Waals surface area contributed by atoms with Gasteiger partial charge < -0.3 is 9.32 Å². The molecule has 5 rings (SSSR count). The molecule has 7 heteroatoms. The number of fused-ring (bicyclic) bond motifs is 1. The van der Waals surface area contributed by atoms with Crippen LogP contribution < -0.4 is 0 Å². The summed E-state index contributed by atoms with van der Waals surface area (Å²) in [6, 6.07) is 10.5. The summed E-state index contributed by atoms with van der Waals surface area (Å²) in [4.78, 5) is 17.4. The smallest absolute Gasteiger partial charge is 0.274 e. The van der Waals surface area contributed by atoms with Crippen LogP contribution in [0.5, 0.6) is 0 Å². The van der Waals surface area contributed by atoms with Crippen LogP contribution in [0.4, 0.5) is 4.39 Å². The van der Waals surface area contributed by atoms with Gasteiger partial charge in [0.05, 0.1) is 12.8 Å². The summed E-state index contributed by atoms with van der Waals surface area (Å²) in [5.41, 5.74) is 2.85. The Labute approximate surface area is 168 Å². The maximum Gasteiger partial charge on any atom is 0.274 e. The fourth-order valence-corrected chi connectivity index (χ4v) is 4.31. The Bertz CT molecular complexity index is 1020. The van der Waals surface area contributed by atoms with Crippen LogP contribution >= 0.6 is 0 Å². The van der Waals surface area contributed by atoms with Crippen LogP contribution in [0.2, 0.25) is 0 Å². The summed E-state index contributed by atoms with van der Waals surface area (Å²) in [5, 5.41) is 4.57. The number of amides is 1. The van der Waals surface area contributed by atoms with E-state index < -0.39 is 0 Å². The molecule has 1 amide bonds. The van der Waals surface area contributed by atoms with E-state index in [1.54, 1.807) is 29.1 Å². The molecule has 2 aromatic heterocycles. The third kappa shape index (κ3) is 3.35. The van der Waals surface area contributed by atoms with Crippen molar-refractivity contribution < 1.29 is 13.6 Å². The van der Waals surface area contributed by atoms with E-state index in [9.17, 15) is 9.18 Å². The second-order valence-corrected chi connectivity index (χ2v) is 7.64. The first-order valence-corrected chi connectivity index (χ1v) is 10.1. The lowest BCUT2D eigenvalue weighted by atomic mass is 10.1. The molecule has 1 aliphatic heterocycles. The minimum Gasteiger partial charge on any atom is -0.468 e. The van der Waals surface area contributed by atoms with E-state index in [2.05, 4.69) is 10.00 Å². The summed E-state index contributed by atoms with van der Waals surface area (Å²) < 4.78 is 21.4. The molecule has 1 saturated heterocycles. The van der Waals surface area contributed by atoms with Crippen LogP contribution in [0.15, 0.2) is 47.1 Å². The van der Waals surface area contributed by atoms with E-state index in [1.165, 1.54) is 6.07 Å². The molecule has 3 aromatic rings. The monoisotopic (exact) mass is 394 g/mol. The van der Waals surface area contributed by atoms with Crippen LogP contribution in [-0.2, 0) is 19.4 Å². The Balaban J connectivity index is 1.35. The highest BCUT2D eigenvalue weighted by atomic mass is 19.1. The molecule has 0 saturated carbocycles. The Morgan fingerprint density at radius 3 is 2.66 bits per heavy atom. The molecule has 0 atom stereocenters. The lowest BCUT2D eigenvalue weighted by Gasteiger charge is -2.34. The number of para-hydroxylation sites is 1. The number of benzene rings is 1. The molecule has 1 aromatic carbocycles. The summed E-state index contributed by atoms with van der Waals surface area (Å²) >= 11 is 0. The zero-order valence-electron chi connectivity index (χ0n) is 16.2. The number of rotatable bonds is 4. The minimum absolute atomic E-state index is 0.0455. The number of nitrogens with zero attached hydrogens (tertiary/aromatic N) is 4. The number of aromatic nitrogens is 2. The second kappa shape index (κ2) is 7.48. The van der Waals surface area contributed by atoms with Gasteiger partial charge in [0.1, 0.15) is 17.3 Å². The van der Waals surface area contributed by atoms with Crippen molar-refractivity contribution in [2.24, 2.45) is 0 Å². The Kier molecular flexibility index (Phi) is 4.67. The van der Waals surface area contributed by atoms with Crippen molar-refractivity contribution in [2.75, 3.05) is 26.2 Å². The van der Waals surface area contributed by atoms with Crippen molar-refractivity contribution in [1.29, 1.82) is 0 Å². The Morgan fingerprint density at radius 1 is 1.07 bits per heavy atom. The van der Waals surface area contributed by atoms with E-state index in [0.717, 1.165) is 55.9 Å². The van der Waals surface area contributed by atoms with Gasteiger partial charge in [0.15, 0.2) is 5.69 Å². The van der Waals surface area contributed by atoms with Gasteiger partial charge in [-0.3, -0.25) is 9.69 Å². The average Bonchev–Trinajstić information content (AvgIpc) is 3.47. The molecule has 6 nitrogen and oxygen atoms in total. The summed E-state index contributed by atoms with van der Waals surface area (Å²) in [6.07, 6.45) is 4.30. The third-order valence-electron chi connectivity index (χ3n) is 5.83. The van der Waals surface area contributed by atoms with Crippen molar-refractivity contribution in [2.45, 2.75) is 25.8 Å².